The van der Waals surface area contributed by atoms with E-state index in [0.29, 0.717) is 5.16 Å². The Labute approximate surface area is 158 Å². The van der Waals surface area contributed by atoms with E-state index in [9.17, 15) is 14.7 Å². The molecule has 2 aromatic heterocycles. The van der Waals surface area contributed by atoms with Crippen LogP contribution in [0.25, 0.3) is 11.0 Å². The summed E-state index contributed by atoms with van der Waals surface area (Å²) in [5, 5.41) is 10.9. The first-order valence-corrected chi connectivity index (χ1v) is 9.32. The molecule has 0 aliphatic heterocycles. The Bertz CT molecular complexity index is 1040. The second-order valence-corrected chi connectivity index (χ2v) is 6.17. The van der Waals surface area contributed by atoms with Gasteiger partial charge in [-0.25, -0.2) is 14.8 Å². The number of carbonyl (C=O) groups excluding carboxylic acids is 1. The molecule has 0 atom stereocenters. The van der Waals surface area contributed by atoms with Gasteiger partial charge in [0.2, 0.25) is 0 Å². The number of aromatic nitrogens is 3. The second-order valence-electron chi connectivity index (χ2n) is 5.40. The molecule has 3 aromatic rings. The van der Waals surface area contributed by atoms with Gasteiger partial charge in [0.05, 0.1) is 12.0 Å². The number of rotatable bonds is 6. The minimum atomic E-state index is -0.937. The largest absolute Gasteiger partial charge is 0.506 e. The maximum absolute atomic E-state index is 12.9. The van der Waals surface area contributed by atoms with Crippen LogP contribution >= 0.6 is 11.8 Å². The van der Waals surface area contributed by atoms with E-state index in [1.807, 2.05) is 30.3 Å². The molecule has 8 nitrogen and oxygen atoms in total. The summed E-state index contributed by atoms with van der Waals surface area (Å²) in [5.74, 6) is -1.46. The van der Waals surface area contributed by atoms with Crippen molar-refractivity contribution in [2.45, 2.75) is 18.7 Å². The lowest BCUT2D eigenvalue weighted by atomic mass is 10.2. The number of carbonyl (C=O) groups is 1. The average Bonchev–Trinajstić information content (AvgIpc) is 2.68. The fourth-order valence-electron chi connectivity index (χ4n) is 2.43. The van der Waals surface area contributed by atoms with Crippen LogP contribution < -0.4 is 10.4 Å². The molecule has 9 heteroatoms. The van der Waals surface area contributed by atoms with E-state index in [1.165, 1.54) is 18.0 Å². The summed E-state index contributed by atoms with van der Waals surface area (Å²) < 4.78 is 5.79. The van der Waals surface area contributed by atoms with Crippen molar-refractivity contribution >= 4 is 28.8 Å². The molecule has 3 rings (SSSR count). The number of nitrogens with zero attached hydrogens (tertiary/aromatic N) is 3. The van der Waals surface area contributed by atoms with Crippen molar-refractivity contribution in [2.24, 2.45) is 0 Å². The Kier molecular flexibility index (Phi) is 5.60. The van der Waals surface area contributed by atoms with Crippen molar-refractivity contribution in [3.05, 3.63) is 58.0 Å². The van der Waals surface area contributed by atoms with E-state index >= 15 is 0 Å². The first kappa shape index (κ1) is 18.7. The summed E-state index contributed by atoms with van der Waals surface area (Å²) in [6, 6.07) is 9.22. The molecule has 0 saturated heterocycles. The van der Waals surface area contributed by atoms with Crippen LogP contribution in [0, 0.1) is 0 Å². The zero-order chi connectivity index (χ0) is 19.4. The number of benzene rings is 1. The molecular weight excluding hydrogens is 370 g/mol. The summed E-state index contributed by atoms with van der Waals surface area (Å²) in [5.41, 5.74) is -0.471. The van der Waals surface area contributed by atoms with E-state index in [-0.39, 0.29) is 24.2 Å². The van der Waals surface area contributed by atoms with Gasteiger partial charge < -0.3 is 14.7 Å². The highest BCUT2D eigenvalue weighted by atomic mass is 32.2. The van der Waals surface area contributed by atoms with Crippen LogP contribution in [0.3, 0.4) is 0 Å². The third-order valence-corrected chi connectivity index (χ3v) is 4.26. The van der Waals surface area contributed by atoms with Crippen molar-refractivity contribution in [3.63, 3.8) is 0 Å². The fourth-order valence-corrected chi connectivity index (χ4v) is 2.77. The van der Waals surface area contributed by atoms with Crippen LogP contribution in [0.15, 0.2) is 46.5 Å². The van der Waals surface area contributed by atoms with Gasteiger partial charge in [-0.1, -0.05) is 42.1 Å². The monoisotopic (exact) mass is 387 g/mol. The molecule has 27 heavy (non-hydrogen) atoms. The zero-order valence-electron chi connectivity index (χ0n) is 14.7. The fraction of sp³-hybridized carbons (Fsp3) is 0.222. The number of fused-ring (bicyclic) bond motifs is 1. The van der Waals surface area contributed by atoms with Gasteiger partial charge in [0, 0.05) is 6.20 Å². The Morgan fingerprint density at radius 2 is 2.04 bits per heavy atom. The minimum absolute atomic E-state index is 0.0581. The van der Waals surface area contributed by atoms with Crippen molar-refractivity contribution < 1.29 is 19.5 Å². The van der Waals surface area contributed by atoms with Gasteiger partial charge in [-0.3, -0.25) is 4.79 Å². The number of hydrogen-bond donors (Lipinski definition) is 1. The number of hydrogen-bond acceptors (Lipinski definition) is 8. The SMILES string of the molecule is CCOC(=O)c1c(O)c2cnc(SC)nc2n(OCc2ccccc2)c1=O. The minimum Gasteiger partial charge on any atom is -0.506 e. The molecule has 0 unspecified atom stereocenters. The van der Waals surface area contributed by atoms with E-state index in [2.05, 4.69) is 9.97 Å². The lowest BCUT2D eigenvalue weighted by Crippen LogP contribution is -2.33. The molecule has 1 N–H and O–H groups in total. The first-order chi connectivity index (χ1) is 13.1. The van der Waals surface area contributed by atoms with Gasteiger partial charge in [0.25, 0.3) is 0 Å². The standard InChI is InChI=1S/C18H17N3O5S/c1-3-25-17(24)13-14(22)12-9-19-18(27-2)20-15(12)21(16(13)23)26-10-11-7-5-4-6-8-11/h4-9,22H,3,10H2,1-2H3. The summed E-state index contributed by atoms with van der Waals surface area (Å²) in [4.78, 5) is 39.0. The van der Waals surface area contributed by atoms with Gasteiger partial charge in [0.1, 0.15) is 12.4 Å². The second kappa shape index (κ2) is 8.09. The number of ether oxygens (including phenoxy) is 1. The summed E-state index contributed by atoms with van der Waals surface area (Å²) in [6.07, 6.45) is 3.12. The van der Waals surface area contributed by atoms with Gasteiger partial charge in [-0.15, -0.1) is 4.73 Å². The van der Waals surface area contributed by atoms with E-state index in [4.69, 9.17) is 9.57 Å². The molecular formula is C18H17N3O5S. The van der Waals surface area contributed by atoms with Gasteiger partial charge in [-0.05, 0) is 18.7 Å². The lowest BCUT2D eigenvalue weighted by Gasteiger charge is -2.14. The predicted molar refractivity (Wildman–Crippen MR) is 99.9 cm³/mol. The van der Waals surface area contributed by atoms with E-state index in [1.54, 1.807) is 13.2 Å². The average molecular weight is 387 g/mol. The van der Waals surface area contributed by atoms with E-state index in [0.717, 1.165) is 10.3 Å². The van der Waals surface area contributed by atoms with Gasteiger partial charge >= 0.3 is 11.5 Å². The summed E-state index contributed by atoms with van der Waals surface area (Å²) in [6.45, 7) is 1.73. The van der Waals surface area contributed by atoms with Crippen molar-refractivity contribution in [2.75, 3.05) is 12.9 Å². The smallest absolute Gasteiger partial charge is 0.347 e. The molecule has 0 saturated carbocycles. The Balaban J connectivity index is 2.18. The first-order valence-electron chi connectivity index (χ1n) is 8.09. The molecule has 0 bridgehead atoms. The number of esters is 1. The molecule has 0 fully saturated rings. The molecule has 2 heterocycles. The van der Waals surface area contributed by atoms with Crippen molar-refractivity contribution in [1.82, 2.24) is 14.7 Å². The van der Waals surface area contributed by atoms with E-state index < -0.39 is 22.8 Å². The summed E-state index contributed by atoms with van der Waals surface area (Å²) in [7, 11) is 0. The predicted octanol–water partition coefficient (Wildman–Crippen LogP) is 2.02. The number of pyridine rings is 1. The number of thioether (sulfide) groups is 1. The molecule has 0 radical (unpaired) electrons. The number of aromatic hydroxyl groups is 1. The quantitative estimate of drug-likeness (QED) is 0.389. The van der Waals surface area contributed by atoms with Crippen LogP contribution in [0.2, 0.25) is 0 Å². The summed E-state index contributed by atoms with van der Waals surface area (Å²) >= 11 is 1.27. The lowest BCUT2D eigenvalue weighted by molar-refractivity contribution is 0.0507. The molecule has 0 aliphatic carbocycles. The Morgan fingerprint density at radius 3 is 2.70 bits per heavy atom. The van der Waals surface area contributed by atoms with Crippen molar-refractivity contribution in [3.8, 4) is 5.75 Å². The molecule has 0 amide bonds. The topological polar surface area (TPSA) is 104 Å². The van der Waals surface area contributed by atoms with Gasteiger partial charge in [-0.2, -0.15) is 0 Å². The normalized spacial score (nSPS) is 10.7. The molecule has 1 aromatic carbocycles. The Morgan fingerprint density at radius 1 is 1.30 bits per heavy atom. The maximum atomic E-state index is 12.9. The zero-order valence-corrected chi connectivity index (χ0v) is 15.5. The third kappa shape index (κ3) is 3.72. The highest BCUT2D eigenvalue weighted by Gasteiger charge is 2.25. The molecule has 140 valence electrons. The molecule has 0 aliphatic rings. The highest BCUT2D eigenvalue weighted by Crippen LogP contribution is 2.26. The van der Waals surface area contributed by atoms with Crippen molar-refractivity contribution in [1.29, 1.82) is 0 Å². The third-order valence-electron chi connectivity index (χ3n) is 3.69. The van der Waals surface area contributed by atoms with Crippen LogP contribution in [0.5, 0.6) is 5.75 Å². The van der Waals surface area contributed by atoms with Crippen LogP contribution in [0.4, 0.5) is 0 Å². The molecule has 0 spiro atoms. The van der Waals surface area contributed by atoms with Gasteiger partial charge in [0.15, 0.2) is 16.4 Å². The van der Waals surface area contributed by atoms with Crippen LogP contribution in [-0.4, -0.2) is 38.6 Å². The highest BCUT2D eigenvalue weighted by molar-refractivity contribution is 7.98. The van der Waals surface area contributed by atoms with Crippen LogP contribution in [-0.2, 0) is 11.3 Å². The Hall–Kier alpha value is -3.07. The maximum Gasteiger partial charge on any atom is 0.347 e. The van der Waals surface area contributed by atoms with Crippen LogP contribution in [0.1, 0.15) is 22.8 Å².